The summed E-state index contributed by atoms with van der Waals surface area (Å²) in [6, 6.07) is 7.88. The van der Waals surface area contributed by atoms with E-state index in [1.165, 1.54) is 12.5 Å². The Bertz CT molecular complexity index is 492. The average Bonchev–Trinajstić information content (AvgIpc) is 2.52. The number of nitrogens with zero attached hydrogens (tertiary/aromatic N) is 1. The van der Waals surface area contributed by atoms with Crippen molar-refractivity contribution in [1.29, 1.82) is 0 Å². The molecule has 1 aromatic carbocycles. The standard InChI is InChI=1S/C17H28N4O2.HI/c1-4-18-17(19-11-5-13-23-3)20-12-10-15-6-8-16(9-7-15)21-14(2)22;/h6-9H,4-5,10-13H2,1-3H3,(H,21,22)(H2,18,19,20);1H. The molecule has 1 aromatic rings. The van der Waals surface area contributed by atoms with Crippen LogP contribution in [0, 0.1) is 0 Å². The maximum atomic E-state index is 11.0. The molecule has 0 aliphatic rings. The Hall–Kier alpha value is -1.35. The van der Waals surface area contributed by atoms with Crippen molar-refractivity contribution in [2.75, 3.05) is 38.7 Å². The Morgan fingerprint density at radius 2 is 1.92 bits per heavy atom. The molecule has 0 aliphatic heterocycles. The third-order valence-corrected chi connectivity index (χ3v) is 3.10. The van der Waals surface area contributed by atoms with Gasteiger partial charge in [0, 0.05) is 46.0 Å². The van der Waals surface area contributed by atoms with Crippen LogP contribution in [0.25, 0.3) is 0 Å². The third kappa shape index (κ3) is 10.4. The van der Waals surface area contributed by atoms with Crippen LogP contribution in [0.1, 0.15) is 25.8 Å². The molecule has 0 atom stereocenters. The van der Waals surface area contributed by atoms with Crippen LogP contribution in [0.3, 0.4) is 0 Å². The molecule has 24 heavy (non-hydrogen) atoms. The van der Waals surface area contributed by atoms with Crippen molar-refractivity contribution in [2.24, 2.45) is 4.99 Å². The Balaban J connectivity index is 0.00000529. The van der Waals surface area contributed by atoms with Crippen molar-refractivity contribution in [3.05, 3.63) is 29.8 Å². The van der Waals surface area contributed by atoms with Crippen molar-refractivity contribution < 1.29 is 9.53 Å². The fourth-order valence-corrected chi connectivity index (χ4v) is 2.02. The van der Waals surface area contributed by atoms with E-state index < -0.39 is 0 Å². The van der Waals surface area contributed by atoms with Crippen LogP contribution in [-0.2, 0) is 16.0 Å². The van der Waals surface area contributed by atoms with Crippen LogP contribution in [0.4, 0.5) is 5.69 Å². The second-order valence-corrected chi connectivity index (χ2v) is 5.16. The van der Waals surface area contributed by atoms with Gasteiger partial charge in [-0.1, -0.05) is 12.1 Å². The Kier molecular flexibility index (Phi) is 13.2. The highest BCUT2D eigenvalue weighted by Crippen LogP contribution is 2.09. The number of rotatable bonds is 9. The van der Waals surface area contributed by atoms with Gasteiger partial charge in [0.15, 0.2) is 5.96 Å². The van der Waals surface area contributed by atoms with Gasteiger partial charge in [0.1, 0.15) is 0 Å². The van der Waals surface area contributed by atoms with Gasteiger partial charge in [0.05, 0.1) is 0 Å². The summed E-state index contributed by atoms with van der Waals surface area (Å²) < 4.78 is 5.02. The van der Waals surface area contributed by atoms with E-state index in [4.69, 9.17) is 4.74 Å². The molecule has 0 fully saturated rings. The van der Waals surface area contributed by atoms with Gasteiger partial charge in [0.25, 0.3) is 0 Å². The summed E-state index contributed by atoms with van der Waals surface area (Å²) in [5.74, 6) is 0.776. The molecule has 3 N–H and O–H groups in total. The smallest absolute Gasteiger partial charge is 0.221 e. The van der Waals surface area contributed by atoms with Gasteiger partial charge in [-0.05, 0) is 37.5 Å². The number of anilines is 1. The van der Waals surface area contributed by atoms with Gasteiger partial charge in [0.2, 0.25) is 5.91 Å². The van der Waals surface area contributed by atoms with Crippen LogP contribution < -0.4 is 16.0 Å². The number of nitrogens with one attached hydrogen (secondary N) is 3. The van der Waals surface area contributed by atoms with E-state index in [-0.39, 0.29) is 29.9 Å². The number of methoxy groups -OCH3 is 1. The molecule has 6 nitrogen and oxygen atoms in total. The molecule has 136 valence electrons. The summed E-state index contributed by atoms with van der Waals surface area (Å²) in [5.41, 5.74) is 2.03. The number of amides is 1. The summed E-state index contributed by atoms with van der Waals surface area (Å²) in [6.07, 6.45) is 1.81. The normalized spacial score (nSPS) is 10.7. The lowest BCUT2D eigenvalue weighted by molar-refractivity contribution is -0.114. The minimum atomic E-state index is -0.0561. The molecule has 0 saturated carbocycles. The predicted octanol–water partition coefficient (Wildman–Crippen LogP) is 2.40. The lowest BCUT2D eigenvalue weighted by atomic mass is 10.1. The summed E-state index contributed by atoms with van der Waals surface area (Å²) in [7, 11) is 1.70. The fraction of sp³-hybridized carbons (Fsp3) is 0.529. The van der Waals surface area contributed by atoms with Crippen molar-refractivity contribution in [1.82, 2.24) is 10.6 Å². The van der Waals surface area contributed by atoms with E-state index in [1.807, 2.05) is 31.2 Å². The number of hydrogen-bond acceptors (Lipinski definition) is 3. The van der Waals surface area contributed by atoms with Crippen molar-refractivity contribution in [2.45, 2.75) is 26.7 Å². The maximum absolute atomic E-state index is 11.0. The third-order valence-electron chi connectivity index (χ3n) is 3.10. The summed E-state index contributed by atoms with van der Waals surface area (Å²) in [4.78, 5) is 15.5. The van der Waals surface area contributed by atoms with Crippen molar-refractivity contribution >= 4 is 41.5 Å². The lowest BCUT2D eigenvalue weighted by Crippen LogP contribution is -2.38. The fourth-order valence-electron chi connectivity index (χ4n) is 2.02. The van der Waals surface area contributed by atoms with Gasteiger partial charge in [-0.15, -0.1) is 24.0 Å². The van der Waals surface area contributed by atoms with Gasteiger partial charge >= 0.3 is 0 Å². The number of carbonyl (C=O) groups is 1. The van der Waals surface area contributed by atoms with Gasteiger partial charge in [-0.2, -0.15) is 0 Å². The topological polar surface area (TPSA) is 74.8 Å². The van der Waals surface area contributed by atoms with Crippen LogP contribution in [0.2, 0.25) is 0 Å². The zero-order chi connectivity index (χ0) is 16.9. The second kappa shape index (κ2) is 14.0. The van der Waals surface area contributed by atoms with E-state index in [1.54, 1.807) is 7.11 Å². The predicted molar refractivity (Wildman–Crippen MR) is 110 cm³/mol. The molecule has 0 unspecified atom stereocenters. The van der Waals surface area contributed by atoms with E-state index in [9.17, 15) is 4.79 Å². The number of benzene rings is 1. The highest BCUT2D eigenvalue weighted by Gasteiger charge is 1.99. The minimum Gasteiger partial charge on any atom is -0.385 e. The first-order valence-corrected chi connectivity index (χ1v) is 8.03. The summed E-state index contributed by atoms with van der Waals surface area (Å²) in [5, 5.41) is 9.31. The molecule has 0 aliphatic carbocycles. The number of guanidine groups is 1. The zero-order valence-electron chi connectivity index (χ0n) is 14.7. The number of ether oxygens (including phenoxy) is 1. The Labute approximate surface area is 161 Å². The SMILES string of the molecule is CCNC(=NCCCOC)NCCc1ccc(NC(C)=O)cc1.I. The highest BCUT2D eigenvalue weighted by molar-refractivity contribution is 14.0. The van der Waals surface area contributed by atoms with E-state index in [0.717, 1.165) is 50.7 Å². The molecular weight excluding hydrogens is 419 g/mol. The molecule has 0 heterocycles. The van der Waals surface area contributed by atoms with Crippen molar-refractivity contribution in [3.63, 3.8) is 0 Å². The number of aliphatic imine (C=N–C) groups is 1. The monoisotopic (exact) mass is 448 g/mol. The summed E-state index contributed by atoms with van der Waals surface area (Å²) in [6.45, 7) is 6.66. The van der Waals surface area contributed by atoms with E-state index in [0.29, 0.717) is 0 Å². The van der Waals surface area contributed by atoms with Crippen LogP contribution >= 0.6 is 24.0 Å². The lowest BCUT2D eigenvalue weighted by Gasteiger charge is -2.11. The highest BCUT2D eigenvalue weighted by atomic mass is 127. The van der Waals surface area contributed by atoms with Gasteiger partial charge in [-0.25, -0.2) is 0 Å². The van der Waals surface area contributed by atoms with E-state index >= 15 is 0 Å². The molecule has 0 spiro atoms. The van der Waals surface area contributed by atoms with Crippen LogP contribution in [-0.4, -0.2) is 45.2 Å². The van der Waals surface area contributed by atoms with Crippen LogP contribution in [0.15, 0.2) is 29.3 Å². The number of hydrogen-bond donors (Lipinski definition) is 3. The molecular formula is C17H29IN4O2. The minimum absolute atomic E-state index is 0. The van der Waals surface area contributed by atoms with Gasteiger partial charge in [-0.3, -0.25) is 9.79 Å². The molecule has 1 amide bonds. The molecule has 1 rings (SSSR count). The first-order chi connectivity index (χ1) is 11.2. The molecule has 0 bridgehead atoms. The van der Waals surface area contributed by atoms with E-state index in [2.05, 4.69) is 20.9 Å². The van der Waals surface area contributed by atoms with Crippen LogP contribution in [0.5, 0.6) is 0 Å². The van der Waals surface area contributed by atoms with Gasteiger partial charge < -0.3 is 20.7 Å². The largest absolute Gasteiger partial charge is 0.385 e. The quantitative estimate of drug-likeness (QED) is 0.235. The Morgan fingerprint density at radius 3 is 2.50 bits per heavy atom. The number of carbonyl (C=O) groups excluding carboxylic acids is 1. The summed E-state index contributed by atoms with van der Waals surface area (Å²) >= 11 is 0. The second-order valence-electron chi connectivity index (χ2n) is 5.16. The average molecular weight is 448 g/mol. The van der Waals surface area contributed by atoms with Crippen molar-refractivity contribution in [3.8, 4) is 0 Å². The first-order valence-electron chi connectivity index (χ1n) is 8.03. The molecule has 7 heteroatoms. The molecule has 0 radical (unpaired) electrons. The zero-order valence-corrected chi connectivity index (χ0v) is 17.1. The number of halogens is 1. The maximum Gasteiger partial charge on any atom is 0.221 e. The first kappa shape index (κ1) is 22.6. The molecule has 0 saturated heterocycles. The Morgan fingerprint density at radius 1 is 1.21 bits per heavy atom. The molecule has 0 aromatic heterocycles.